The van der Waals surface area contributed by atoms with Crippen molar-refractivity contribution in [3.63, 3.8) is 0 Å². The number of aromatic hydroxyl groups is 1. The van der Waals surface area contributed by atoms with Crippen LogP contribution in [0.5, 0.6) is 5.75 Å². The van der Waals surface area contributed by atoms with Crippen LogP contribution in [0.2, 0.25) is 0 Å². The summed E-state index contributed by atoms with van der Waals surface area (Å²) < 4.78 is 21.8. The number of ether oxygens (including phenoxy) is 1. The molecule has 1 saturated carbocycles. The summed E-state index contributed by atoms with van der Waals surface area (Å²) in [5.41, 5.74) is 3.64. The first-order valence-electron chi connectivity index (χ1n) is 10.8. The quantitative estimate of drug-likeness (QED) is 0.600. The summed E-state index contributed by atoms with van der Waals surface area (Å²) >= 11 is 0. The highest BCUT2D eigenvalue weighted by Crippen LogP contribution is 2.51. The van der Waals surface area contributed by atoms with E-state index in [1.54, 1.807) is 25.1 Å². The van der Waals surface area contributed by atoms with Crippen molar-refractivity contribution in [2.45, 2.75) is 44.9 Å². The standard InChI is InChI=1S/C25H26FNO4/c1-15-12-17(2-4-21(15)26)27-22-5-3-18(28)13-19(22)20(14-25(8-9-25)24(29)30)23(27)16-6-10-31-11-7-16/h2-5,12-13,16,28H,6-11,14H2,1H3,(H,29,30). The molecule has 0 spiro atoms. The Balaban J connectivity index is 1.79. The number of hydrogen-bond acceptors (Lipinski definition) is 3. The van der Waals surface area contributed by atoms with Gasteiger partial charge in [0, 0.05) is 35.9 Å². The van der Waals surface area contributed by atoms with Gasteiger partial charge >= 0.3 is 5.97 Å². The summed E-state index contributed by atoms with van der Waals surface area (Å²) in [6, 6.07) is 10.3. The van der Waals surface area contributed by atoms with E-state index in [4.69, 9.17) is 4.74 Å². The van der Waals surface area contributed by atoms with Crippen LogP contribution in [0, 0.1) is 18.2 Å². The van der Waals surface area contributed by atoms with Gasteiger partial charge < -0.3 is 19.5 Å². The van der Waals surface area contributed by atoms with Crippen LogP contribution < -0.4 is 0 Å². The van der Waals surface area contributed by atoms with Crippen molar-refractivity contribution in [2.24, 2.45) is 5.41 Å². The molecule has 1 aliphatic heterocycles. The fraction of sp³-hybridized carbons (Fsp3) is 0.400. The number of nitrogens with zero attached hydrogens (tertiary/aromatic N) is 1. The van der Waals surface area contributed by atoms with Crippen molar-refractivity contribution < 1.29 is 24.1 Å². The lowest BCUT2D eigenvalue weighted by molar-refractivity contribution is -0.143. The maximum atomic E-state index is 14.0. The molecule has 5 nitrogen and oxygen atoms in total. The zero-order valence-corrected chi connectivity index (χ0v) is 17.5. The summed E-state index contributed by atoms with van der Waals surface area (Å²) in [7, 11) is 0. The molecule has 0 amide bonds. The van der Waals surface area contributed by atoms with Crippen molar-refractivity contribution in [1.29, 1.82) is 0 Å². The van der Waals surface area contributed by atoms with Gasteiger partial charge in [-0.05, 0) is 86.6 Å². The first-order valence-corrected chi connectivity index (χ1v) is 10.8. The molecule has 0 bridgehead atoms. The predicted octanol–water partition coefficient (Wildman–Crippen LogP) is 5.08. The largest absolute Gasteiger partial charge is 0.508 e. The average Bonchev–Trinajstić information content (AvgIpc) is 3.48. The van der Waals surface area contributed by atoms with Crippen molar-refractivity contribution in [3.05, 3.63) is 59.0 Å². The minimum Gasteiger partial charge on any atom is -0.508 e. The molecule has 1 aliphatic carbocycles. The summed E-state index contributed by atoms with van der Waals surface area (Å²) in [6.45, 7) is 3.06. The fourth-order valence-corrected chi connectivity index (χ4v) is 4.95. The van der Waals surface area contributed by atoms with Crippen LogP contribution >= 0.6 is 0 Å². The van der Waals surface area contributed by atoms with Crippen LogP contribution in [0.3, 0.4) is 0 Å². The number of fused-ring (bicyclic) bond motifs is 1. The van der Waals surface area contributed by atoms with Gasteiger partial charge in [0.2, 0.25) is 0 Å². The molecule has 31 heavy (non-hydrogen) atoms. The second-order valence-electron chi connectivity index (χ2n) is 8.98. The van der Waals surface area contributed by atoms with Gasteiger partial charge in [0.05, 0.1) is 10.9 Å². The van der Waals surface area contributed by atoms with Gasteiger partial charge in [0.1, 0.15) is 11.6 Å². The molecule has 5 rings (SSSR count). The third-order valence-electron chi connectivity index (χ3n) is 6.93. The lowest BCUT2D eigenvalue weighted by Crippen LogP contribution is -2.21. The molecule has 1 saturated heterocycles. The number of carboxylic acid groups (broad SMARTS) is 1. The lowest BCUT2D eigenvalue weighted by Gasteiger charge is -2.26. The monoisotopic (exact) mass is 423 g/mol. The number of aliphatic carboxylic acids is 1. The molecular formula is C25H26FNO4. The molecule has 2 N–H and O–H groups in total. The molecule has 0 radical (unpaired) electrons. The molecule has 1 aromatic heterocycles. The minimum absolute atomic E-state index is 0.153. The maximum Gasteiger partial charge on any atom is 0.309 e. The number of rotatable bonds is 5. The van der Waals surface area contributed by atoms with Gasteiger partial charge in [-0.3, -0.25) is 4.79 Å². The van der Waals surface area contributed by atoms with E-state index >= 15 is 0 Å². The maximum absolute atomic E-state index is 14.0. The lowest BCUT2D eigenvalue weighted by atomic mass is 9.87. The number of aryl methyl sites for hydroxylation is 1. The zero-order valence-electron chi connectivity index (χ0n) is 17.5. The number of aromatic nitrogens is 1. The van der Waals surface area contributed by atoms with Crippen LogP contribution in [-0.2, 0) is 16.0 Å². The third kappa shape index (κ3) is 3.39. The number of carboxylic acids is 1. The van der Waals surface area contributed by atoms with E-state index in [1.165, 1.54) is 6.07 Å². The Morgan fingerprint density at radius 1 is 1.19 bits per heavy atom. The SMILES string of the molecule is Cc1cc(-n2c(C3CCOCC3)c(CC3(C(=O)O)CC3)c3cc(O)ccc32)ccc1F. The van der Waals surface area contributed by atoms with Crippen molar-refractivity contribution in [3.8, 4) is 11.4 Å². The van der Waals surface area contributed by atoms with E-state index in [-0.39, 0.29) is 17.5 Å². The summed E-state index contributed by atoms with van der Waals surface area (Å²) in [5, 5.41) is 21.0. The fourth-order valence-electron chi connectivity index (χ4n) is 4.95. The van der Waals surface area contributed by atoms with Gasteiger partial charge in [-0.2, -0.15) is 0 Å². The molecule has 2 heterocycles. The van der Waals surface area contributed by atoms with Crippen LogP contribution in [-0.4, -0.2) is 34.0 Å². The Morgan fingerprint density at radius 2 is 1.94 bits per heavy atom. The summed E-state index contributed by atoms with van der Waals surface area (Å²) in [4.78, 5) is 12.0. The number of phenolic OH excluding ortho intramolecular Hbond substituents is 1. The van der Waals surface area contributed by atoms with E-state index in [1.807, 2.05) is 12.1 Å². The third-order valence-corrected chi connectivity index (χ3v) is 6.93. The van der Waals surface area contributed by atoms with Gasteiger partial charge in [0.25, 0.3) is 0 Å². The molecule has 6 heteroatoms. The molecule has 3 aromatic rings. The van der Waals surface area contributed by atoms with Crippen molar-refractivity contribution in [1.82, 2.24) is 4.57 Å². The van der Waals surface area contributed by atoms with E-state index in [9.17, 15) is 19.4 Å². The minimum atomic E-state index is -0.760. The number of halogens is 1. The summed E-state index contributed by atoms with van der Waals surface area (Å²) in [6.07, 6.45) is 3.45. The average molecular weight is 423 g/mol. The highest BCUT2D eigenvalue weighted by atomic mass is 19.1. The second-order valence-corrected chi connectivity index (χ2v) is 8.98. The first kappa shape index (κ1) is 20.1. The van der Waals surface area contributed by atoms with E-state index in [2.05, 4.69) is 4.57 Å². The molecule has 0 atom stereocenters. The Hall–Kier alpha value is -2.86. The molecular weight excluding hydrogens is 397 g/mol. The Morgan fingerprint density at radius 3 is 2.58 bits per heavy atom. The second kappa shape index (κ2) is 7.38. The molecule has 2 aliphatic rings. The van der Waals surface area contributed by atoms with E-state index in [0.717, 1.165) is 40.7 Å². The van der Waals surface area contributed by atoms with Crippen molar-refractivity contribution in [2.75, 3.05) is 13.2 Å². The summed E-state index contributed by atoms with van der Waals surface area (Å²) in [5.74, 6) is -0.661. The van der Waals surface area contributed by atoms with Crippen LogP contribution in [0.4, 0.5) is 4.39 Å². The molecule has 162 valence electrons. The Labute approximate surface area is 180 Å². The number of phenols is 1. The molecule has 0 unspecified atom stereocenters. The van der Waals surface area contributed by atoms with Crippen LogP contribution in [0.15, 0.2) is 36.4 Å². The topological polar surface area (TPSA) is 71.7 Å². The smallest absolute Gasteiger partial charge is 0.309 e. The number of benzene rings is 2. The first-order chi connectivity index (χ1) is 14.9. The Kier molecular flexibility index (Phi) is 4.77. The van der Waals surface area contributed by atoms with Crippen LogP contribution in [0.25, 0.3) is 16.6 Å². The highest BCUT2D eigenvalue weighted by Gasteiger charge is 2.51. The van der Waals surface area contributed by atoms with Crippen LogP contribution in [0.1, 0.15) is 48.4 Å². The van der Waals surface area contributed by atoms with E-state index in [0.29, 0.717) is 38.0 Å². The van der Waals surface area contributed by atoms with Gasteiger partial charge in [-0.25, -0.2) is 4.39 Å². The van der Waals surface area contributed by atoms with Gasteiger partial charge in [-0.15, -0.1) is 0 Å². The molecule has 2 fully saturated rings. The van der Waals surface area contributed by atoms with Gasteiger partial charge in [0.15, 0.2) is 0 Å². The molecule has 2 aromatic carbocycles. The predicted molar refractivity (Wildman–Crippen MR) is 115 cm³/mol. The number of carbonyl (C=O) groups is 1. The Bertz CT molecular complexity index is 1170. The normalized spacial score (nSPS) is 18.4. The zero-order chi connectivity index (χ0) is 21.8. The van der Waals surface area contributed by atoms with Crippen molar-refractivity contribution >= 4 is 16.9 Å². The highest BCUT2D eigenvalue weighted by molar-refractivity contribution is 5.90. The number of hydrogen-bond donors (Lipinski definition) is 2. The van der Waals surface area contributed by atoms with Gasteiger partial charge in [-0.1, -0.05) is 0 Å². The van der Waals surface area contributed by atoms with E-state index < -0.39 is 11.4 Å².